The maximum Gasteiger partial charge on any atom is 0.363 e. The lowest BCUT2D eigenvalue weighted by atomic mass is 10.2. The van der Waals surface area contributed by atoms with Crippen LogP contribution in [0.3, 0.4) is 0 Å². The van der Waals surface area contributed by atoms with Gasteiger partial charge in [-0.15, -0.1) is 0 Å². The molecule has 0 saturated heterocycles. The van der Waals surface area contributed by atoms with Crippen molar-refractivity contribution in [3.63, 3.8) is 0 Å². The van der Waals surface area contributed by atoms with Crippen molar-refractivity contribution in [1.29, 1.82) is 0 Å². The summed E-state index contributed by atoms with van der Waals surface area (Å²) in [6.07, 6.45) is 4.62. The largest absolute Gasteiger partial charge is 0.403 e. The molecule has 0 spiro atoms. The summed E-state index contributed by atoms with van der Waals surface area (Å²) in [6.45, 7) is 0. The minimum absolute atomic E-state index is 0.0949. The van der Waals surface area contributed by atoms with E-state index in [1.165, 1.54) is 24.3 Å². The van der Waals surface area contributed by atoms with Crippen molar-refractivity contribution >= 4 is 47.2 Å². The molecule has 0 aliphatic carbocycles. The molecule has 0 fully saturated rings. The predicted octanol–water partition coefficient (Wildman–Crippen LogP) is 5.14. The number of nitrogens with zero attached hydrogens (tertiary/aromatic N) is 1. The lowest BCUT2D eigenvalue weighted by Crippen LogP contribution is -2.01. The van der Waals surface area contributed by atoms with Crippen molar-refractivity contribution in [3.8, 4) is 0 Å². The number of carbonyl (C=O) groups excluding carboxylic acids is 1. The predicted molar refractivity (Wildman–Crippen MR) is 93.4 cm³/mol. The first-order valence-corrected chi connectivity index (χ1v) is 7.69. The van der Waals surface area contributed by atoms with Crippen LogP contribution in [0, 0.1) is 5.82 Å². The van der Waals surface area contributed by atoms with E-state index in [0.717, 1.165) is 0 Å². The van der Waals surface area contributed by atoms with E-state index in [2.05, 4.69) is 4.99 Å². The molecular weight excluding hydrogens is 352 g/mol. The van der Waals surface area contributed by atoms with E-state index in [9.17, 15) is 9.18 Å². The number of benzene rings is 2. The number of rotatable bonds is 3. The average Bonchev–Trinajstić information content (AvgIpc) is 2.89. The van der Waals surface area contributed by atoms with Crippen molar-refractivity contribution < 1.29 is 13.9 Å². The molecule has 6 heteroatoms. The van der Waals surface area contributed by atoms with Gasteiger partial charge in [0.25, 0.3) is 0 Å². The third-order valence-electron chi connectivity index (χ3n) is 3.18. The Balaban J connectivity index is 1.84. The highest BCUT2D eigenvalue weighted by Gasteiger charge is 2.21. The Bertz CT molecular complexity index is 904. The summed E-state index contributed by atoms with van der Waals surface area (Å²) in [4.78, 5) is 15.9. The molecule has 0 atom stereocenters. The molecule has 1 heterocycles. The second kappa shape index (κ2) is 6.99. The number of hydrogen-bond acceptors (Lipinski definition) is 3. The van der Waals surface area contributed by atoms with Crippen LogP contribution < -0.4 is 0 Å². The summed E-state index contributed by atoms with van der Waals surface area (Å²) in [5.74, 6) is -0.870. The first kappa shape index (κ1) is 16.4. The maximum atomic E-state index is 13.2. The van der Waals surface area contributed by atoms with Gasteiger partial charge in [-0.05, 0) is 41.5 Å². The quantitative estimate of drug-likeness (QED) is 0.560. The third kappa shape index (κ3) is 3.72. The molecule has 120 valence electrons. The Labute approximate surface area is 147 Å². The van der Waals surface area contributed by atoms with E-state index in [0.29, 0.717) is 21.2 Å². The molecule has 0 saturated carbocycles. The minimum atomic E-state index is -0.601. The fourth-order valence-corrected chi connectivity index (χ4v) is 2.43. The summed E-state index contributed by atoms with van der Waals surface area (Å²) in [6, 6.07) is 11.0. The van der Waals surface area contributed by atoms with Gasteiger partial charge < -0.3 is 4.74 Å². The molecule has 0 unspecified atom stereocenters. The van der Waals surface area contributed by atoms with E-state index in [4.69, 9.17) is 27.9 Å². The van der Waals surface area contributed by atoms with Crippen molar-refractivity contribution in [1.82, 2.24) is 0 Å². The van der Waals surface area contributed by atoms with Gasteiger partial charge in [-0.2, -0.15) is 0 Å². The van der Waals surface area contributed by atoms with Crippen molar-refractivity contribution in [2.45, 2.75) is 0 Å². The van der Waals surface area contributed by atoms with Crippen LogP contribution in [0.4, 0.5) is 4.39 Å². The molecular formula is C18H10Cl2FNO2. The fourth-order valence-electron chi connectivity index (χ4n) is 2.06. The standard InChI is InChI=1S/C18H10Cl2FNO2/c19-14-6-2-4-12(17(14)20)7-8-16-22-15(18(23)24-16)10-11-3-1-5-13(21)9-11/h1-10H/b8-7+,15-10-. The minimum Gasteiger partial charge on any atom is -0.403 e. The van der Waals surface area contributed by atoms with Crippen LogP contribution in [0.5, 0.6) is 0 Å². The van der Waals surface area contributed by atoms with Gasteiger partial charge in [0, 0.05) is 6.08 Å². The monoisotopic (exact) mass is 361 g/mol. The second-order valence-corrected chi connectivity index (χ2v) is 5.69. The van der Waals surface area contributed by atoms with Gasteiger partial charge in [0.2, 0.25) is 5.90 Å². The number of esters is 1. The Hall–Kier alpha value is -2.43. The molecule has 0 bridgehead atoms. The molecule has 0 radical (unpaired) electrons. The zero-order valence-corrected chi connectivity index (χ0v) is 13.7. The highest BCUT2D eigenvalue weighted by Crippen LogP contribution is 2.26. The Morgan fingerprint density at radius 2 is 1.88 bits per heavy atom. The average molecular weight is 362 g/mol. The molecule has 3 nitrogen and oxygen atoms in total. The summed E-state index contributed by atoms with van der Waals surface area (Å²) >= 11 is 12.0. The molecule has 0 amide bonds. The normalized spacial score (nSPS) is 15.9. The highest BCUT2D eigenvalue weighted by atomic mass is 35.5. The fraction of sp³-hybridized carbons (Fsp3) is 0. The van der Waals surface area contributed by atoms with E-state index < -0.39 is 11.8 Å². The van der Waals surface area contributed by atoms with E-state index in [-0.39, 0.29) is 11.6 Å². The third-order valence-corrected chi connectivity index (χ3v) is 4.01. The van der Waals surface area contributed by atoms with E-state index >= 15 is 0 Å². The summed E-state index contributed by atoms with van der Waals surface area (Å²) in [5, 5.41) is 0.826. The Morgan fingerprint density at radius 3 is 2.67 bits per heavy atom. The number of ether oxygens (including phenoxy) is 1. The van der Waals surface area contributed by atoms with Crippen molar-refractivity contribution in [3.05, 3.63) is 81.2 Å². The van der Waals surface area contributed by atoms with Crippen LogP contribution in [0.2, 0.25) is 10.0 Å². The van der Waals surface area contributed by atoms with Gasteiger partial charge in [-0.3, -0.25) is 0 Å². The van der Waals surface area contributed by atoms with Crippen LogP contribution in [-0.4, -0.2) is 11.9 Å². The summed E-state index contributed by atoms with van der Waals surface area (Å²) in [7, 11) is 0. The lowest BCUT2D eigenvalue weighted by Gasteiger charge is -1.99. The van der Waals surface area contributed by atoms with Crippen LogP contribution in [-0.2, 0) is 9.53 Å². The number of aliphatic imine (C=N–C) groups is 1. The van der Waals surface area contributed by atoms with Crippen LogP contribution >= 0.6 is 23.2 Å². The summed E-state index contributed by atoms with van der Waals surface area (Å²) in [5.41, 5.74) is 1.29. The van der Waals surface area contributed by atoms with Gasteiger partial charge >= 0.3 is 5.97 Å². The zero-order valence-electron chi connectivity index (χ0n) is 12.2. The van der Waals surface area contributed by atoms with Gasteiger partial charge in [0.1, 0.15) is 5.82 Å². The Kier molecular flexibility index (Phi) is 4.79. The highest BCUT2D eigenvalue weighted by molar-refractivity contribution is 6.42. The molecule has 2 aromatic rings. The number of hydrogen-bond donors (Lipinski definition) is 0. The summed E-state index contributed by atoms with van der Waals surface area (Å²) < 4.78 is 18.2. The van der Waals surface area contributed by atoms with Gasteiger partial charge in [0.05, 0.1) is 10.0 Å². The number of cyclic esters (lactones) is 1. The Morgan fingerprint density at radius 1 is 1.08 bits per heavy atom. The second-order valence-electron chi connectivity index (χ2n) is 4.90. The van der Waals surface area contributed by atoms with Gasteiger partial charge in [-0.1, -0.05) is 47.5 Å². The lowest BCUT2D eigenvalue weighted by molar-refractivity contribution is -0.129. The maximum absolute atomic E-state index is 13.2. The number of carbonyl (C=O) groups is 1. The number of halogens is 3. The van der Waals surface area contributed by atoms with Crippen LogP contribution in [0.15, 0.2) is 59.2 Å². The molecule has 3 rings (SSSR count). The molecule has 2 aromatic carbocycles. The topological polar surface area (TPSA) is 38.7 Å². The molecule has 1 aliphatic heterocycles. The first-order chi connectivity index (χ1) is 11.5. The van der Waals surface area contributed by atoms with Crippen molar-refractivity contribution in [2.75, 3.05) is 0 Å². The molecule has 0 N–H and O–H groups in total. The molecule has 24 heavy (non-hydrogen) atoms. The van der Waals surface area contributed by atoms with E-state index in [1.54, 1.807) is 36.4 Å². The van der Waals surface area contributed by atoms with Gasteiger partial charge in [0.15, 0.2) is 5.70 Å². The van der Waals surface area contributed by atoms with Gasteiger partial charge in [-0.25, -0.2) is 14.2 Å². The zero-order chi connectivity index (χ0) is 17.1. The SMILES string of the molecule is O=C1OC(/C=C/c2cccc(Cl)c2Cl)=NC/1=C\c1cccc(F)c1. The molecule has 0 aromatic heterocycles. The van der Waals surface area contributed by atoms with Crippen molar-refractivity contribution in [2.24, 2.45) is 4.99 Å². The van der Waals surface area contributed by atoms with E-state index in [1.807, 2.05) is 0 Å². The smallest absolute Gasteiger partial charge is 0.363 e. The van der Waals surface area contributed by atoms with Crippen LogP contribution in [0.1, 0.15) is 11.1 Å². The van der Waals surface area contributed by atoms with Crippen LogP contribution in [0.25, 0.3) is 12.2 Å². The molecule has 1 aliphatic rings. The first-order valence-electron chi connectivity index (χ1n) is 6.93.